The molecule has 1 aromatic heterocycles. The van der Waals surface area contributed by atoms with Gasteiger partial charge in [-0.25, -0.2) is 0 Å². The first-order valence-electron chi connectivity index (χ1n) is 7.52. The summed E-state index contributed by atoms with van der Waals surface area (Å²) in [5, 5.41) is 12.6. The monoisotopic (exact) mass is 331 g/mol. The first-order valence-corrected chi connectivity index (χ1v) is 7.52. The predicted molar refractivity (Wildman–Crippen MR) is 89.9 cm³/mol. The first kappa shape index (κ1) is 17.6. The van der Waals surface area contributed by atoms with Gasteiger partial charge in [0.1, 0.15) is 0 Å². The molecule has 0 spiro atoms. The summed E-state index contributed by atoms with van der Waals surface area (Å²) >= 11 is 0. The van der Waals surface area contributed by atoms with E-state index >= 15 is 0 Å². The highest BCUT2D eigenvalue weighted by molar-refractivity contribution is 5.91. The summed E-state index contributed by atoms with van der Waals surface area (Å²) in [6, 6.07) is 7.08. The molecule has 0 unspecified atom stereocenters. The molecule has 0 aliphatic rings. The van der Waals surface area contributed by atoms with Gasteiger partial charge in [0.2, 0.25) is 5.91 Å². The van der Waals surface area contributed by atoms with Crippen LogP contribution in [0.5, 0.6) is 11.5 Å². The molecule has 6 heteroatoms. The fraction of sp³-hybridized carbons (Fsp3) is 0.278. The molecule has 6 nitrogen and oxygen atoms in total. The average Bonchev–Trinajstić information content (AvgIpc) is 3.14. The Balaban J connectivity index is 1.82. The Kier molecular flexibility index (Phi) is 6.45. The fourth-order valence-corrected chi connectivity index (χ4v) is 2.15. The lowest BCUT2D eigenvalue weighted by atomic mass is 10.1. The van der Waals surface area contributed by atoms with Crippen LogP contribution in [0.25, 0.3) is 6.08 Å². The normalized spacial score (nSPS) is 12.1. The van der Waals surface area contributed by atoms with Crippen LogP contribution in [0.1, 0.15) is 23.7 Å². The van der Waals surface area contributed by atoms with Gasteiger partial charge in [-0.05, 0) is 36.3 Å². The van der Waals surface area contributed by atoms with E-state index in [0.717, 1.165) is 5.56 Å². The largest absolute Gasteiger partial charge is 0.493 e. The third-order valence-electron chi connectivity index (χ3n) is 3.48. The van der Waals surface area contributed by atoms with Crippen LogP contribution in [0.4, 0.5) is 0 Å². The lowest BCUT2D eigenvalue weighted by Gasteiger charge is -2.08. The van der Waals surface area contributed by atoms with Crippen LogP contribution in [0, 0.1) is 0 Å². The van der Waals surface area contributed by atoms with Crippen molar-refractivity contribution in [3.63, 3.8) is 0 Å². The molecular formula is C18H21NO5. The molecule has 128 valence electrons. The average molecular weight is 331 g/mol. The number of amides is 1. The Morgan fingerprint density at radius 3 is 2.75 bits per heavy atom. The summed E-state index contributed by atoms with van der Waals surface area (Å²) in [6.45, 7) is 0.363. The van der Waals surface area contributed by atoms with E-state index < -0.39 is 6.10 Å². The molecule has 0 aliphatic carbocycles. The molecule has 24 heavy (non-hydrogen) atoms. The molecule has 0 radical (unpaired) electrons. The smallest absolute Gasteiger partial charge is 0.244 e. The maximum absolute atomic E-state index is 11.8. The van der Waals surface area contributed by atoms with Crippen LogP contribution in [0.3, 0.4) is 0 Å². The Morgan fingerprint density at radius 1 is 1.29 bits per heavy atom. The Hall–Kier alpha value is -2.73. The van der Waals surface area contributed by atoms with Gasteiger partial charge >= 0.3 is 0 Å². The number of aliphatic hydroxyl groups is 1. The predicted octanol–water partition coefficient (Wildman–Crippen LogP) is 2.55. The third-order valence-corrected chi connectivity index (χ3v) is 3.48. The summed E-state index contributed by atoms with van der Waals surface area (Å²) in [4.78, 5) is 11.8. The van der Waals surface area contributed by atoms with E-state index in [2.05, 4.69) is 5.32 Å². The summed E-state index contributed by atoms with van der Waals surface area (Å²) in [5.74, 6) is 1.000. The van der Waals surface area contributed by atoms with Gasteiger partial charge in [-0.1, -0.05) is 6.07 Å². The summed E-state index contributed by atoms with van der Waals surface area (Å²) in [5.41, 5.74) is 1.52. The van der Waals surface area contributed by atoms with Crippen molar-refractivity contribution in [3.05, 3.63) is 54.0 Å². The van der Waals surface area contributed by atoms with E-state index in [1.165, 1.54) is 18.6 Å². The molecule has 2 rings (SSSR count). The van der Waals surface area contributed by atoms with Gasteiger partial charge in [-0.3, -0.25) is 4.79 Å². The van der Waals surface area contributed by atoms with E-state index in [-0.39, 0.29) is 5.91 Å². The summed E-state index contributed by atoms with van der Waals surface area (Å²) in [6.07, 6.45) is 5.87. The molecule has 1 atom stereocenters. The van der Waals surface area contributed by atoms with E-state index in [0.29, 0.717) is 30.0 Å². The number of aliphatic hydroxyl groups excluding tert-OH is 1. The second kappa shape index (κ2) is 8.79. The minimum Gasteiger partial charge on any atom is -0.493 e. The lowest BCUT2D eigenvalue weighted by Crippen LogP contribution is -2.23. The van der Waals surface area contributed by atoms with Gasteiger partial charge in [0.15, 0.2) is 11.5 Å². The minimum atomic E-state index is -0.654. The summed E-state index contributed by atoms with van der Waals surface area (Å²) < 4.78 is 15.3. The Morgan fingerprint density at radius 2 is 2.08 bits per heavy atom. The molecule has 2 N–H and O–H groups in total. The number of carbonyl (C=O) groups excluding carboxylic acids is 1. The number of carbonyl (C=O) groups is 1. The van der Waals surface area contributed by atoms with E-state index in [1.807, 2.05) is 6.07 Å². The van der Waals surface area contributed by atoms with Gasteiger partial charge in [0, 0.05) is 18.2 Å². The van der Waals surface area contributed by atoms with E-state index in [4.69, 9.17) is 13.9 Å². The van der Waals surface area contributed by atoms with Crippen molar-refractivity contribution in [1.82, 2.24) is 5.32 Å². The quantitative estimate of drug-likeness (QED) is 0.727. The minimum absolute atomic E-state index is 0.232. The Bertz CT molecular complexity index is 679. The third kappa shape index (κ3) is 4.89. The van der Waals surface area contributed by atoms with Crippen LogP contribution in [-0.2, 0) is 4.79 Å². The van der Waals surface area contributed by atoms with Gasteiger partial charge in [0.05, 0.1) is 32.8 Å². The van der Waals surface area contributed by atoms with Crippen LogP contribution in [-0.4, -0.2) is 31.8 Å². The van der Waals surface area contributed by atoms with Crippen LogP contribution < -0.4 is 14.8 Å². The van der Waals surface area contributed by atoms with Crippen molar-refractivity contribution in [2.45, 2.75) is 12.5 Å². The molecule has 1 heterocycles. The van der Waals surface area contributed by atoms with Crippen molar-refractivity contribution in [1.29, 1.82) is 0 Å². The highest BCUT2D eigenvalue weighted by atomic mass is 16.5. The van der Waals surface area contributed by atoms with Crippen LogP contribution in [0.15, 0.2) is 47.3 Å². The zero-order valence-corrected chi connectivity index (χ0v) is 13.7. The molecule has 0 saturated heterocycles. The topological polar surface area (TPSA) is 80.9 Å². The van der Waals surface area contributed by atoms with Crippen molar-refractivity contribution < 1.29 is 23.8 Å². The molecule has 0 fully saturated rings. The SMILES string of the molecule is COc1ccc(/C=C/C(=O)NCC[C@H](O)c2ccoc2)cc1OC. The van der Waals surface area contributed by atoms with Crippen molar-refractivity contribution >= 4 is 12.0 Å². The van der Waals surface area contributed by atoms with Crippen molar-refractivity contribution in [2.24, 2.45) is 0 Å². The second-order valence-corrected chi connectivity index (χ2v) is 5.10. The zero-order valence-electron chi connectivity index (χ0n) is 13.7. The number of methoxy groups -OCH3 is 2. The van der Waals surface area contributed by atoms with Gasteiger partial charge in [-0.2, -0.15) is 0 Å². The number of benzene rings is 1. The highest BCUT2D eigenvalue weighted by Gasteiger charge is 2.08. The summed E-state index contributed by atoms with van der Waals surface area (Å²) in [7, 11) is 3.13. The number of rotatable bonds is 8. The second-order valence-electron chi connectivity index (χ2n) is 5.10. The number of ether oxygens (including phenoxy) is 2. The van der Waals surface area contributed by atoms with Crippen LogP contribution >= 0.6 is 0 Å². The lowest BCUT2D eigenvalue weighted by molar-refractivity contribution is -0.116. The van der Waals surface area contributed by atoms with Crippen molar-refractivity contribution in [3.8, 4) is 11.5 Å². The molecule has 2 aromatic rings. The number of nitrogens with one attached hydrogen (secondary N) is 1. The standard InChI is InChI=1S/C18H21NO5/c1-22-16-5-3-13(11-17(16)23-2)4-6-18(21)19-9-7-15(20)14-8-10-24-12-14/h3-6,8,10-12,15,20H,7,9H2,1-2H3,(H,19,21)/b6-4+/t15-/m0/s1. The molecule has 0 bridgehead atoms. The van der Waals surface area contributed by atoms with Crippen LogP contribution in [0.2, 0.25) is 0 Å². The highest BCUT2D eigenvalue weighted by Crippen LogP contribution is 2.27. The van der Waals surface area contributed by atoms with Gasteiger partial charge < -0.3 is 24.3 Å². The first-order chi connectivity index (χ1) is 11.6. The molecule has 1 amide bonds. The maximum atomic E-state index is 11.8. The van der Waals surface area contributed by atoms with E-state index in [1.54, 1.807) is 38.5 Å². The van der Waals surface area contributed by atoms with Gasteiger partial charge in [0.25, 0.3) is 0 Å². The van der Waals surface area contributed by atoms with Gasteiger partial charge in [-0.15, -0.1) is 0 Å². The number of hydrogen-bond donors (Lipinski definition) is 2. The Labute approximate surface area is 140 Å². The molecular weight excluding hydrogens is 310 g/mol. The number of furan rings is 1. The molecule has 0 aliphatic heterocycles. The molecule has 1 aromatic carbocycles. The molecule has 0 saturated carbocycles. The van der Waals surface area contributed by atoms with E-state index in [9.17, 15) is 9.90 Å². The number of hydrogen-bond acceptors (Lipinski definition) is 5. The maximum Gasteiger partial charge on any atom is 0.244 e. The van der Waals surface area contributed by atoms with Crippen molar-refractivity contribution in [2.75, 3.05) is 20.8 Å². The zero-order chi connectivity index (χ0) is 17.4. The fourth-order valence-electron chi connectivity index (χ4n) is 2.15.